The first-order valence-electron chi connectivity index (χ1n) is 6.13. The molecule has 1 rings (SSSR count). The number of hydrogen-bond donors (Lipinski definition) is 1. The van der Waals surface area contributed by atoms with Crippen LogP contribution < -0.4 is 5.32 Å². The van der Waals surface area contributed by atoms with E-state index in [1.54, 1.807) is 0 Å². The van der Waals surface area contributed by atoms with Gasteiger partial charge in [-0.3, -0.25) is 0 Å². The molecule has 1 aromatic carbocycles. The van der Waals surface area contributed by atoms with Gasteiger partial charge in [0.15, 0.2) is 0 Å². The summed E-state index contributed by atoms with van der Waals surface area (Å²) in [6.45, 7) is 4.09. The summed E-state index contributed by atoms with van der Waals surface area (Å²) in [6.07, 6.45) is -2.51. The van der Waals surface area contributed by atoms with Gasteiger partial charge in [0, 0.05) is 29.9 Å². The number of nitrogens with one attached hydrogen (secondary N) is 1. The average Bonchev–Trinajstić information content (AvgIpc) is 2.34. The third-order valence-electron chi connectivity index (χ3n) is 2.43. The van der Waals surface area contributed by atoms with Crippen molar-refractivity contribution in [3.8, 4) is 0 Å². The Labute approximate surface area is 119 Å². The van der Waals surface area contributed by atoms with E-state index in [2.05, 4.69) is 21.2 Å². The van der Waals surface area contributed by atoms with Gasteiger partial charge in [-0.15, -0.1) is 0 Å². The lowest BCUT2D eigenvalue weighted by atomic mass is 10.2. The number of benzene rings is 1. The molecule has 1 aromatic rings. The summed E-state index contributed by atoms with van der Waals surface area (Å²) in [5.41, 5.74) is -0.000282. The Bertz CT molecular complexity index is 396. The molecule has 6 heteroatoms. The number of ether oxygens (including phenoxy) is 1. The normalized spacial score (nSPS) is 11.6. The highest BCUT2D eigenvalue weighted by atomic mass is 79.9. The van der Waals surface area contributed by atoms with Crippen molar-refractivity contribution in [3.05, 3.63) is 28.2 Å². The van der Waals surface area contributed by atoms with Crippen molar-refractivity contribution >= 4 is 21.6 Å². The molecule has 0 spiro atoms. The minimum Gasteiger partial charge on any atom is -0.384 e. The molecule has 0 aliphatic rings. The maximum Gasteiger partial charge on any atom is 0.416 e. The van der Waals surface area contributed by atoms with Crippen molar-refractivity contribution in [2.45, 2.75) is 25.9 Å². The number of hydrogen-bond acceptors (Lipinski definition) is 2. The molecule has 0 heterocycles. The second-order valence-corrected chi connectivity index (χ2v) is 4.94. The summed E-state index contributed by atoms with van der Waals surface area (Å²) in [5, 5.41) is 3.07. The van der Waals surface area contributed by atoms with Crippen LogP contribution >= 0.6 is 15.9 Å². The van der Waals surface area contributed by atoms with Crippen LogP contribution in [-0.4, -0.2) is 19.8 Å². The Morgan fingerprint density at radius 3 is 2.58 bits per heavy atom. The molecular weight excluding hydrogens is 323 g/mol. The molecule has 0 unspecified atom stereocenters. The third-order valence-corrected chi connectivity index (χ3v) is 3.08. The van der Waals surface area contributed by atoms with Crippen LogP contribution in [0.3, 0.4) is 0 Å². The van der Waals surface area contributed by atoms with Gasteiger partial charge >= 0.3 is 6.18 Å². The van der Waals surface area contributed by atoms with Crippen LogP contribution in [0.25, 0.3) is 0 Å². The molecule has 0 amide bonds. The quantitative estimate of drug-likeness (QED) is 0.727. The molecule has 0 aliphatic carbocycles. The van der Waals surface area contributed by atoms with Crippen molar-refractivity contribution in [1.29, 1.82) is 0 Å². The third kappa shape index (κ3) is 5.82. The lowest BCUT2D eigenvalue weighted by Crippen LogP contribution is -2.08. The fourth-order valence-corrected chi connectivity index (χ4v) is 2.00. The predicted molar refractivity (Wildman–Crippen MR) is 73.4 cm³/mol. The molecule has 1 N–H and O–H groups in total. The van der Waals surface area contributed by atoms with Gasteiger partial charge in [-0.1, -0.05) is 6.92 Å². The molecule has 0 fully saturated rings. The lowest BCUT2D eigenvalue weighted by molar-refractivity contribution is -0.137. The summed E-state index contributed by atoms with van der Waals surface area (Å²) < 4.78 is 43.1. The SMILES string of the molecule is CCCOCCCNc1ccc(C(F)(F)F)cc1Br. The fourth-order valence-electron chi connectivity index (χ4n) is 1.48. The second-order valence-electron chi connectivity index (χ2n) is 4.09. The molecule has 108 valence electrons. The molecule has 0 saturated carbocycles. The van der Waals surface area contributed by atoms with E-state index >= 15 is 0 Å². The highest BCUT2D eigenvalue weighted by Crippen LogP contribution is 2.33. The van der Waals surface area contributed by atoms with Crippen LogP contribution in [0.4, 0.5) is 18.9 Å². The zero-order valence-corrected chi connectivity index (χ0v) is 12.3. The van der Waals surface area contributed by atoms with Crippen molar-refractivity contribution in [2.75, 3.05) is 25.1 Å². The summed E-state index contributed by atoms with van der Waals surface area (Å²) in [7, 11) is 0. The van der Waals surface area contributed by atoms with E-state index in [1.165, 1.54) is 6.07 Å². The maximum absolute atomic E-state index is 12.5. The lowest BCUT2D eigenvalue weighted by Gasteiger charge is -2.12. The number of rotatable bonds is 7. The van der Waals surface area contributed by atoms with Gasteiger partial charge < -0.3 is 10.1 Å². The maximum atomic E-state index is 12.5. The van der Waals surface area contributed by atoms with E-state index in [0.29, 0.717) is 23.3 Å². The van der Waals surface area contributed by atoms with Crippen molar-refractivity contribution in [1.82, 2.24) is 0 Å². The fraction of sp³-hybridized carbons (Fsp3) is 0.538. The molecule has 0 aliphatic heterocycles. The minimum atomic E-state index is -4.31. The summed E-state index contributed by atoms with van der Waals surface area (Å²) in [5.74, 6) is 0. The summed E-state index contributed by atoms with van der Waals surface area (Å²) in [4.78, 5) is 0. The predicted octanol–water partition coefficient (Wildman–Crippen LogP) is 4.70. The molecule has 0 atom stereocenters. The molecule has 0 saturated heterocycles. The van der Waals surface area contributed by atoms with Gasteiger partial charge in [-0.05, 0) is 47.0 Å². The van der Waals surface area contributed by atoms with Crippen LogP contribution in [-0.2, 0) is 10.9 Å². The first-order valence-corrected chi connectivity index (χ1v) is 6.92. The van der Waals surface area contributed by atoms with E-state index < -0.39 is 11.7 Å². The van der Waals surface area contributed by atoms with Gasteiger partial charge in [0.25, 0.3) is 0 Å². The first-order chi connectivity index (χ1) is 8.95. The Hall–Kier alpha value is -0.750. The number of alkyl halides is 3. The summed E-state index contributed by atoms with van der Waals surface area (Å²) >= 11 is 3.14. The van der Waals surface area contributed by atoms with Crippen LogP contribution in [0.2, 0.25) is 0 Å². The molecule has 19 heavy (non-hydrogen) atoms. The standard InChI is InChI=1S/C13H17BrF3NO/c1-2-7-19-8-3-6-18-12-5-4-10(9-11(12)14)13(15,16)17/h4-5,9,18H,2-3,6-8H2,1H3. The van der Waals surface area contributed by atoms with E-state index in [1.807, 2.05) is 6.92 Å². The monoisotopic (exact) mass is 339 g/mol. The highest BCUT2D eigenvalue weighted by molar-refractivity contribution is 9.10. The first kappa shape index (κ1) is 16.3. The van der Waals surface area contributed by atoms with Crippen molar-refractivity contribution in [3.63, 3.8) is 0 Å². The van der Waals surface area contributed by atoms with Gasteiger partial charge in [0.1, 0.15) is 0 Å². The van der Waals surface area contributed by atoms with Crippen LogP contribution in [0.15, 0.2) is 22.7 Å². The molecular formula is C13H17BrF3NO. The zero-order chi connectivity index (χ0) is 14.3. The van der Waals surface area contributed by atoms with Crippen LogP contribution in [0.5, 0.6) is 0 Å². The van der Waals surface area contributed by atoms with Crippen LogP contribution in [0, 0.1) is 0 Å². The van der Waals surface area contributed by atoms with E-state index in [4.69, 9.17) is 4.74 Å². The molecule has 0 radical (unpaired) electrons. The van der Waals surface area contributed by atoms with Gasteiger partial charge in [0.05, 0.1) is 5.56 Å². The van der Waals surface area contributed by atoms with Crippen LogP contribution in [0.1, 0.15) is 25.3 Å². The summed E-state index contributed by atoms with van der Waals surface area (Å²) in [6, 6.07) is 3.58. The van der Waals surface area contributed by atoms with Gasteiger partial charge in [-0.2, -0.15) is 13.2 Å². The Kier molecular flexibility index (Phi) is 6.65. The number of anilines is 1. The molecule has 0 bridgehead atoms. The Balaban J connectivity index is 2.43. The highest BCUT2D eigenvalue weighted by Gasteiger charge is 2.30. The van der Waals surface area contributed by atoms with E-state index in [9.17, 15) is 13.2 Å². The second kappa shape index (κ2) is 7.75. The van der Waals surface area contributed by atoms with Crippen molar-refractivity contribution < 1.29 is 17.9 Å². The van der Waals surface area contributed by atoms with Gasteiger partial charge in [-0.25, -0.2) is 0 Å². The van der Waals surface area contributed by atoms with E-state index in [0.717, 1.165) is 31.6 Å². The minimum absolute atomic E-state index is 0.414. The average molecular weight is 340 g/mol. The Morgan fingerprint density at radius 2 is 2.00 bits per heavy atom. The van der Waals surface area contributed by atoms with E-state index in [-0.39, 0.29) is 0 Å². The Morgan fingerprint density at radius 1 is 1.26 bits per heavy atom. The topological polar surface area (TPSA) is 21.3 Å². The zero-order valence-electron chi connectivity index (χ0n) is 10.7. The smallest absolute Gasteiger partial charge is 0.384 e. The largest absolute Gasteiger partial charge is 0.416 e. The molecule has 0 aromatic heterocycles. The number of halogens is 4. The molecule has 2 nitrogen and oxygen atoms in total. The van der Waals surface area contributed by atoms with Gasteiger partial charge in [0.2, 0.25) is 0 Å². The van der Waals surface area contributed by atoms with Crippen molar-refractivity contribution in [2.24, 2.45) is 0 Å².